The van der Waals surface area contributed by atoms with Crippen LogP contribution in [0.5, 0.6) is 11.5 Å². The lowest BCUT2D eigenvalue weighted by Crippen LogP contribution is -2.34. The zero-order chi connectivity index (χ0) is 12.8. The summed E-state index contributed by atoms with van der Waals surface area (Å²) in [6.07, 6.45) is 1.07. The van der Waals surface area contributed by atoms with Crippen molar-refractivity contribution in [1.82, 2.24) is 0 Å². The fourth-order valence-corrected chi connectivity index (χ4v) is 1.55. The summed E-state index contributed by atoms with van der Waals surface area (Å²) < 4.78 is 11.0. The van der Waals surface area contributed by atoms with Crippen molar-refractivity contribution in [3.05, 3.63) is 23.8 Å². The Kier molecular flexibility index (Phi) is 5.29. The van der Waals surface area contributed by atoms with E-state index in [-0.39, 0.29) is 6.04 Å². The highest BCUT2D eigenvalue weighted by Gasteiger charge is 2.12. The predicted octanol–water partition coefficient (Wildman–Crippen LogP) is 2.76. The normalized spacial score (nSPS) is 14.2. The van der Waals surface area contributed by atoms with E-state index in [4.69, 9.17) is 15.2 Å². The molecule has 0 aliphatic carbocycles. The second-order valence-corrected chi connectivity index (χ2v) is 4.51. The summed E-state index contributed by atoms with van der Waals surface area (Å²) in [6, 6.07) is 5.96. The third-order valence-electron chi connectivity index (χ3n) is 3.13. The van der Waals surface area contributed by atoms with Gasteiger partial charge in [-0.05, 0) is 30.5 Å². The quantitative estimate of drug-likeness (QED) is 0.827. The van der Waals surface area contributed by atoms with Gasteiger partial charge >= 0.3 is 0 Å². The van der Waals surface area contributed by atoms with Gasteiger partial charge in [0, 0.05) is 6.04 Å². The molecule has 2 N–H and O–H groups in total. The van der Waals surface area contributed by atoms with Gasteiger partial charge in [0.2, 0.25) is 0 Å². The van der Waals surface area contributed by atoms with Gasteiger partial charge < -0.3 is 15.2 Å². The van der Waals surface area contributed by atoms with E-state index >= 15 is 0 Å². The Labute approximate surface area is 104 Å². The molecule has 0 aliphatic rings. The maximum absolute atomic E-state index is 6.03. The third-order valence-corrected chi connectivity index (χ3v) is 3.13. The van der Waals surface area contributed by atoms with Crippen LogP contribution in [0.4, 0.5) is 0 Å². The van der Waals surface area contributed by atoms with Gasteiger partial charge in [-0.3, -0.25) is 0 Å². The molecule has 0 heterocycles. The molecule has 0 aromatic heterocycles. The molecule has 0 radical (unpaired) electrons. The highest BCUT2D eigenvalue weighted by molar-refractivity contribution is 5.42. The summed E-state index contributed by atoms with van der Waals surface area (Å²) in [7, 11) is 1.65. The largest absolute Gasteiger partial charge is 0.493 e. The number of ether oxygens (including phenoxy) is 2. The average molecular weight is 237 g/mol. The van der Waals surface area contributed by atoms with E-state index < -0.39 is 0 Å². The van der Waals surface area contributed by atoms with Gasteiger partial charge in [-0.25, -0.2) is 0 Å². The molecule has 0 bridgehead atoms. The molecule has 0 fully saturated rings. The van der Waals surface area contributed by atoms with Crippen molar-refractivity contribution in [2.75, 3.05) is 13.7 Å². The molecule has 3 nitrogen and oxygen atoms in total. The summed E-state index contributed by atoms with van der Waals surface area (Å²) in [5.74, 6) is 1.99. The second-order valence-electron chi connectivity index (χ2n) is 4.51. The minimum atomic E-state index is 0.0611. The van der Waals surface area contributed by atoms with Crippen LogP contribution in [0, 0.1) is 12.8 Å². The standard InChI is InChI=1S/C14H23NO2/c1-5-11(3)12(15)9-17-13-7-6-10(2)8-14(13)16-4/h6-8,11-12H,5,9,15H2,1-4H3. The van der Waals surface area contributed by atoms with Gasteiger partial charge in [-0.2, -0.15) is 0 Å². The van der Waals surface area contributed by atoms with Crippen LogP contribution in [0.15, 0.2) is 18.2 Å². The Morgan fingerprint density at radius 3 is 2.59 bits per heavy atom. The highest BCUT2D eigenvalue weighted by atomic mass is 16.5. The molecular weight excluding hydrogens is 214 g/mol. The van der Waals surface area contributed by atoms with E-state index in [2.05, 4.69) is 13.8 Å². The van der Waals surface area contributed by atoms with Crippen LogP contribution in [0.2, 0.25) is 0 Å². The lowest BCUT2D eigenvalue weighted by molar-refractivity contribution is 0.240. The fourth-order valence-electron chi connectivity index (χ4n) is 1.55. The van der Waals surface area contributed by atoms with Crippen LogP contribution in [0.25, 0.3) is 0 Å². The van der Waals surface area contributed by atoms with Gasteiger partial charge in [-0.1, -0.05) is 26.3 Å². The molecule has 0 saturated carbocycles. The van der Waals surface area contributed by atoms with Crippen molar-refractivity contribution in [2.45, 2.75) is 33.2 Å². The molecule has 0 aliphatic heterocycles. The first-order valence-corrected chi connectivity index (χ1v) is 6.11. The van der Waals surface area contributed by atoms with Crippen molar-refractivity contribution in [3.8, 4) is 11.5 Å². The van der Waals surface area contributed by atoms with Crippen molar-refractivity contribution < 1.29 is 9.47 Å². The Morgan fingerprint density at radius 1 is 1.29 bits per heavy atom. The Bertz CT molecular complexity index is 352. The number of aryl methyl sites for hydroxylation is 1. The molecular formula is C14H23NO2. The van der Waals surface area contributed by atoms with Gasteiger partial charge in [0.15, 0.2) is 11.5 Å². The van der Waals surface area contributed by atoms with E-state index in [1.165, 1.54) is 0 Å². The zero-order valence-corrected chi connectivity index (χ0v) is 11.2. The molecule has 0 spiro atoms. The molecule has 1 aromatic carbocycles. The number of hydrogen-bond donors (Lipinski definition) is 1. The molecule has 2 unspecified atom stereocenters. The van der Waals surface area contributed by atoms with Crippen molar-refractivity contribution in [1.29, 1.82) is 0 Å². The monoisotopic (exact) mass is 237 g/mol. The van der Waals surface area contributed by atoms with Gasteiger partial charge in [-0.15, -0.1) is 0 Å². The Balaban J connectivity index is 2.62. The SMILES string of the molecule is CCC(C)C(N)COc1ccc(C)cc1OC. The van der Waals surface area contributed by atoms with Crippen molar-refractivity contribution in [2.24, 2.45) is 11.7 Å². The van der Waals surface area contributed by atoms with Crippen LogP contribution in [-0.4, -0.2) is 19.8 Å². The van der Waals surface area contributed by atoms with Crippen molar-refractivity contribution >= 4 is 0 Å². The third kappa shape index (κ3) is 3.93. The molecule has 1 aromatic rings. The zero-order valence-electron chi connectivity index (χ0n) is 11.2. The number of rotatable bonds is 6. The van der Waals surface area contributed by atoms with E-state index in [0.717, 1.165) is 23.5 Å². The fraction of sp³-hybridized carbons (Fsp3) is 0.571. The van der Waals surface area contributed by atoms with Crippen LogP contribution in [-0.2, 0) is 0 Å². The Hall–Kier alpha value is -1.22. The first-order valence-electron chi connectivity index (χ1n) is 6.11. The predicted molar refractivity (Wildman–Crippen MR) is 70.7 cm³/mol. The van der Waals surface area contributed by atoms with Crippen LogP contribution in [0.1, 0.15) is 25.8 Å². The summed E-state index contributed by atoms with van der Waals surface area (Å²) >= 11 is 0. The average Bonchev–Trinajstić information content (AvgIpc) is 2.35. The number of nitrogens with two attached hydrogens (primary N) is 1. The minimum Gasteiger partial charge on any atom is -0.493 e. The van der Waals surface area contributed by atoms with E-state index in [9.17, 15) is 0 Å². The lowest BCUT2D eigenvalue weighted by atomic mass is 10.0. The number of hydrogen-bond acceptors (Lipinski definition) is 3. The van der Waals surface area contributed by atoms with Crippen LogP contribution in [0.3, 0.4) is 0 Å². The highest BCUT2D eigenvalue weighted by Crippen LogP contribution is 2.28. The molecule has 17 heavy (non-hydrogen) atoms. The maximum Gasteiger partial charge on any atom is 0.161 e. The first-order chi connectivity index (χ1) is 8.08. The smallest absolute Gasteiger partial charge is 0.161 e. The van der Waals surface area contributed by atoms with E-state index in [1.807, 2.05) is 25.1 Å². The van der Waals surface area contributed by atoms with E-state index in [0.29, 0.717) is 12.5 Å². The summed E-state index contributed by atoms with van der Waals surface area (Å²) in [5, 5.41) is 0. The lowest BCUT2D eigenvalue weighted by Gasteiger charge is -2.19. The van der Waals surface area contributed by atoms with Gasteiger partial charge in [0.25, 0.3) is 0 Å². The van der Waals surface area contributed by atoms with Crippen LogP contribution < -0.4 is 15.2 Å². The Morgan fingerprint density at radius 2 is 2.00 bits per heavy atom. The number of methoxy groups -OCH3 is 1. The van der Waals surface area contributed by atoms with Gasteiger partial charge in [0.05, 0.1) is 7.11 Å². The molecule has 96 valence electrons. The van der Waals surface area contributed by atoms with E-state index in [1.54, 1.807) is 7.11 Å². The number of benzene rings is 1. The van der Waals surface area contributed by atoms with Crippen LogP contribution >= 0.6 is 0 Å². The molecule has 0 saturated heterocycles. The summed E-state index contributed by atoms with van der Waals surface area (Å²) in [4.78, 5) is 0. The maximum atomic E-state index is 6.03. The molecule has 3 heteroatoms. The summed E-state index contributed by atoms with van der Waals surface area (Å²) in [6.45, 7) is 6.82. The molecule has 0 amide bonds. The first kappa shape index (κ1) is 13.8. The second kappa shape index (κ2) is 6.50. The summed E-state index contributed by atoms with van der Waals surface area (Å²) in [5.41, 5.74) is 7.18. The molecule has 2 atom stereocenters. The topological polar surface area (TPSA) is 44.5 Å². The molecule has 1 rings (SSSR count). The van der Waals surface area contributed by atoms with Gasteiger partial charge in [0.1, 0.15) is 6.61 Å². The van der Waals surface area contributed by atoms with Crippen molar-refractivity contribution in [3.63, 3.8) is 0 Å². The minimum absolute atomic E-state index is 0.0611.